The van der Waals surface area contributed by atoms with Crippen LogP contribution in [0.25, 0.3) is 0 Å². The number of phenols is 1. The minimum Gasteiger partial charge on any atom is -0.506 e. The Kier molecular flexibility index (Phi) is 7.41. The van der Waals surface area contributed by atoms with E-state index >= 15 is 0 Å². The van der Waals surface area contributed by atoms with E-state index in [4.69, 9.17) is 17.0 Å². The van der Waals surface area contributed by atoms with Crippen molar-refractivity contribution >= 4 is 46.3 Å². The van der Waals surface area contributed by atoms with E-state index in [0.29, 0.717) is 36.5 Å². The van der Waals surface area contributed by atoms with Gasteiger partial charge in [-0.25, -0.2) is 4.39 Å². The molecule has 4 N–H and O–H groups in total. The monoisotopic (exact) mass is 445 g/mol. The second-order valence-electron chi connectivity index (χ2n) is 7.21. The molecule has 1 unspecified atom stereocenters. The molecule has 1 atom stereocenters. The number of carbonyl (C=O) groups is 2. The lowest BCUT2D eigenvalue weighted by Gasteiger charge is -2.15. The number of carbonyl (C=O) groups excluding carboxylic acids is 2. The maximum Gasteiger partial charge on any atom is 0.318 e. The largest absolute Gasteiger partial charge is 0.506 e. The standard InChI is InChI=1S/C22H24FN3O4S/c1-2-3-10-30-21(29)16-9-4-13-11-18(19(27)12-17(13)25-20(16)28)26-22(31)24-15-7-5-14(23)6-8-15/h5-8,11-12,16,27H,2-4,9-10H2,1H3,(H,25,28)(H2,24,26,31). The molecular weight excluding hydrogens is 421 g/mol. The SMILES string of the molecule is CCCCOC(=O)C1CCc2cc(NC(=S)Nc3ccc(F)cc3)c(O)cc2NC1=O. The third-order valence-corrected chi connectivity index (χ3v) is 5.08. The summed E-state index contributed by atoms with van der Waals surface area (Å²) in [6.07, 6.45) is 2.37. The highest BCUT2D eigenvalue weighted by Gasteiger charge is 2.31. The zero-order valence-electron chi connectivity index (χ0n) is 17.0. The van der Waals surface area contributed by atoms with Gasteiger partial charge in [0.2, 0.25) is 5.91 Å². The number of amides is 1. The van der Waals surface area contributed by atoms with Gasteiger partial charge in [-0.05, 0) is 67.4 Å². The van der Waals surface area contributed by atoms with Crippen LogP contribution in [0.4, 0.5) is 21.5 Å². The summed E-state index contributed by atoms with van der Waals surface area (Å²) in [7, 11) is 0. The Labute approximate surface area is 185 Å². The Hall–Kier alpha value is -3.20. The number of anilines is 3. The van der Waals surface area contributed by atoms with Crippen LogP contribution in [0.3, 0.4) is 0 Å². The number of aromatic hydroxyl groups is 1. The van der Waals surface area contributed by atoms with E-state index in [1.54, 1.807) is 6.07 Å². The molecule has 0 aromatic heterocycles. The van der Waals surface area contributed by atoms with Crippen molar-refractivity contribution in [3.05, 3.63) is 47.8 Å². The van der Waals surface area contributed by atoms with Gasteiger partial charge in [-0.15, -0.1) is 0 Å². The summed E-state index contributed by atoms with van der Waals surface area (Å²) in [5.74, 6) is -2.36. The number of aryl methyl sites for hydroxylation is 1. The molecule has 7 nitrogen and oxygen atoms in total. The van der Waals surface area contributed by atoms with E-state index in [1.807, 2.05) is 6.92 Å². The molecule has 1 heterocycles. The van der Waals surface area contributed by atoms with Crippen molar-refractivity contribution in [1.29, 1.82) is 0 Å². The van der Waals surface area contributed by atoms with Crippen LogP contribution >= 0.6 is 12.2 Å². The van der Waals surface area contributed by atoms with Crippen molar-refractivity contribution in [1.82, 2.24) is 0 Å². The minimum absolute atomic E-state index is 0.119. The normalized spacial score (nSPS) is 15.3. The van der Waals surface area contributed by atoms with E-state index in [1.165, 1.54) is 30.3 Å². The van der Waals surface area contributed by atoms with Crippen molar-refractivity contribution < 1.29 is 23.8 Å². The summed E-state index contributed by atoms with van der Waals surface area (Å²) in [5.41, 5.74) is 2.12. The predicted octanol–water partition coefficient (Wildman–Crippen LogP) is 4.18. The topological polar surface area (TPSA) is 99.7 Å². The molecule has 164 valence electrons. The van der Waals surface area contributed by atoms with Crippen LogP contribution in [-0.2, 0) is 20.7 Å². The van der Waals surface area contributed by atoms with Gasteiger partial charge in [-0.1, -0.05) is 13.3 Å². The van der Waals surface area contributed by atoms with E-state index in [-0.39, 0.29) is 16.7 Å². The van der Waals surface area contributed by atoms with Gasteiger partial charge in [0, 0.05) is 17.4 Å². The molecule has 0 saturated heterocycles. The molecule has 1 aliphatic heterocycles. The molecule has 0 spiro atoms. The number of benzene rings is 2. The minimum atomic E-state index is -0.899. The summed E-state index contributed by atoms with van der Waals surface area (Å²) in [4.78, 5) is 24.8. The van der Waals surface area contributed by atoms with Gasteiger partial charge in [0.25, 0.3) is 0 Å². The fourth-order valence-corrected chi connectivity index (χ4v) is 3.40. The first-order chi connectivity index (χ1) is 14.9. The number of fused-ring (bicyclic) bond motifs is 1. The summed E-state index contributed by atoms with van der Waals surface area (Å²) < 4.78 is 18.2. The second kappa shape index (κ2) is 10.2. The van der Waals surface area contributed by atoms with Crippen molar-refractivity contribution in [2.24, 2.45) is 5.92 Å². The van der Waals surface area contributed by atoms with E-state index in [2.05, 4.69) is 16.0 Å². The highest BCUT2D eigenvalue weighted by atomic mass is 32.1. The predicted molar refractivity (Wildman–Crippen MR) is 121 cm³/mol. The first-order valence-corrected chi connectivity index (χ1v) is 10.4. The van der Waals surface area contributed by atoms with Gasteiger partial charge in [0.1, 0.15) is 17.5 Å². The molecule has 2 aromatic rings. The van der Waals surface area contributed by atoms with Crippen molar-refractivity contribution in [2.45, 2.75) is 32.6 Å². The molecule has 0 bridgehead atoms. The molecule has 2 aromatic carbocycles. The summed E-state index contributed by atoms with van der Waals surface area (Å²) >= 11 is 5.26. The lowest BCUT2D eigenvalue weighted by atomic mass is 10.00. The molecule has 31 heavy (non-hydrogen) atoms. The first kappa shape index (κ1) is 22.5. The number of hydrogen-bond acceptors (Lipinski definition) is 5. The maximum atomic E-state index is 13.0. The fourth-order valence-electron chi connectivity index (χ4n) is 3.17. The number of unbranched alkanes of at least 4 members (excludes halogenated alkanes) is 1. The molecule has 0 fully saturated rings. The van der Waals surface area contributed by atoms with Crippen molar-refractivity contribution in [2.75, 3.05) is 22.6 Å². The van der Waals surface area contributed by atoms with E-state index in [9.17, 15) is 19.1 Å². The van der Waals surface area contributed by atoms with Crippen LogP contribution in [0.1, 0.15) is 31.7 Å². The Morgan fingerprint density at radius 3 is 2.74 bits per heavy atom. The number of phenolic OH excluding ortho intramolecular Hbond substituents is 1. The van der Waals surface area contributed by atoms with Gasteiger partial charge in [0.15, 0.2) is 5.11 Å². The van der Waals surface area contributed by atoms with E-state index in [0.717, 1.165) is 18.4 Å². The Morgan fingerprint density at radius 2 is 2.03 bits per heavy atom. The quantitative estimate of drug-likeness (QED) is 0.174. The number of ether oxygens (including phenoxy) is 1. The van der Waals surface area contributed by atoms with Crippen LogP contribution in [-0.4, -0.2) is 28.7 Å². The highest BCUT2D eigenvalue weighted by molar-refractivity contribution is 7.80. The average molecular weight is 446 g/mol. The third kappa shape index (κ3) is 5.91. The molecule has 0 aliphatic carbocycles. The second-order valence-corrected chi connectivity index (χ2v) is 7.62. The highest BCUT2D eigenvalue weighted by Crippen LogP contribution is 2.34. The average Bonchev–Trinajstić information content (AvgIpc) is 2.88. The summed E-state index contributed by atoms with van der Waals surface area (Å²) in [6, 6.07) is 8.77. The number of rotatable bonds is 6. The zero-order chi connectivity index (χ0) is 22.4. The molecule has 0 saturated carbocycles. The fraction of sp³-hybridized carbons (Fsp3) is 0.318. The lowest BCUT2D eigenvalue weighted by Crippen LogP contribution is -2.30. The van der Waals surface area contributed by atoms with Gasteiger partial charge < -0.3 is 25.8 Å². The number of esters is 1. The van der Waals surface area contributed by atoms with Crippen LogP contribution in [0.5, 0.6) is 5.75 Å². The molecule has 9 heteroatoms. The smallest absolute Gasteiger partial charge is 0.318 e. The summed E-state index contributed by atoms with van der Waals surface area (Å²) in [5, 5.41) is 19.1. The van der Waals surface area contributed by atoms with Crippen LogP contribution in [0.15, 0.2) is 36.4 Å². The van der Waals surface area contributed by atoms with Gasteiger partial charge in [-0.3, -0.25) is 9.59 Å². The maximum absolute atomic E-state index is 13.0. The Morgan fingerprint density at radius 1 is 1.29 bits per heavy atom. The third-order valence-electron chi connectivity index (χ3n) is 4.88. The number of halogens is 1. The van der Waals surface area contributed by atoms with Gasteiger partial charge in [-0.2, -0.15) is 0 Å². The van der Waals surface area contributed by atoms with Crippen LogP contribution < -0.4 is 16.0 Å². The number of hydrogen-bond donors (Lipinski definition) is 4. The molecular formula is C22H24FN3O4S. The number of nitrogens with one attached hydrogen (secondary N) is 3. The first-order valence-electron chi connectivity index (χ1n) is 10.0. The number of thiocarbonyl (C=S) groups is 1. The van der Waals surface area contributed by atoms with Crippen LogP contribution in [0.2, 0.25) is 0 Å². The van der Waals surface area contributed by atoms with Crippen molar-refractivity contribution in [3.63, 3.8) is 0 Å². The summed E-state index contributed by atoms with van der Waals surface area (Å²) in [6.45, 7) is 2.28. The molecule has 0 radical (unpaired) electrons. The Balaban J connectivity index is 1.68. The van der Waals surface area contributed by atoms with E-state index < -0.39 is 17.8 Å². The molecule has 1 aliphatic rings. The molecule has 3 rings (SSSR count). The zero-order valence-corrected chi connectivity index (χ0v) is 17.9. The van der Waals surface area contributed by atoms with Crippen LogP contribution in [0, 0.1) is 11.7 Å². The van der Waals surface area contributed by atoms with Crippen molar-refractivity contribution in [3.8, 4) is 5.75 Å². The van der Waals surface area contributed by atoms with Gasteiger partial charge in [0.05, 0.1) is 12.3 Å². The Bertz CT molecular complexity index is 981. The molecule has 1 amide bonds. The lowest BCUT2D eigenvalue weighted by molar-refractivity contribution is -0.151. The van der Waals surface area contributed by atoms with Gasteiger partial charge >= 0.3 is 5.97 Å².